The molecule has 0 aliphatic carbocycles. The summed E-state index contributed by atoms with van der Waals surface area (Å²) in [5, 5.41) is 0. The van der Waals surface area contributed by atoms with Crippen molar-refractivity contribution < 1.29 is 17.9 Å². The predicted molar refractivity (Wildman–Crippen MR) is 98.7 cm³/mol. The molecule has 0 atom stereocenters. The first-order valence-electron chi connectivity index (χ1n) is 8.95. The minimum atomic E-state index is -3.54. The number of carbonyl (C=O) groups is 1. The lowest BCUT2D eigenvalue weighted by Gasteiger charge is -2.30. The standard InChI is InChI=1S/C19H21N3O4S/c23-19(16-3-6-20-7-4-16)21-8-5-15-1-2-18(13-17(15)14-21)27(24,25)22-9-11-26-12-10-22/h1-4,6-7,13H,5,8-12,14H2. The van der Waals surface area contributed by atoms with Gasteiger partial charge in [0.25, 0.3) is 5.91 Å². The zero-order valence-corrected chi connectivity index (χ0v) is 15.7. The van der Waals surface area contributed by atoms with Crippen LogP contribution in [0.15, 0.2) is 47.6 Å². The van der Waals surface area contributed by atoms with Crippen LogP contribution in [0.4, 0.5) is 0 Å². The van der Waals surface area contributed by atoms with E-state index in [1.807, 2.05) is 6.07 Å². The van der Waals surface area contributed by atoms with Gasteiger partial charge in [-0.1, -0.05) is 6.07 Å². The summed E-state index contributed by atoms with van der Waals surface area (Å²) in [5.41, 5.74) is 2.57. The van der Waals surface area contributed by atoms with E-state index in [2.05, 4.69) is 4.98 Å². The SMILES string of the molecule is O=C(c1ccncc1)N1CCc2ccc(S(=O)(=O)N3CCOCC3)cc2C1. The van der Waals surface area contributed by atoms with Gasteiger partial charge in [0.15, 0.2) is 0 Å². The number of rotatable bonds is 3. The van der Waals surface area contributed by atoms with E-state index < -0.39 is 10.0 Å². The Bertz CT molecular complexity index is 941. The summed E-state index contributed by atoms with van der Waals surface area (Å²) in [5.74, 6) is -0.0653. The van der Waals surface area contributed by atoms with Crippen molar-refractivity contribution in [3.63, 3.8) is 0 Å². The number of pyridine rings is 1. The summed E-state index contributed by atoms with van der Waals surface area (Å²) in [6, 6.07) is 8.64. The normalized spacial score (nSPS) is 18.1. The third-order valence-corrected chi connectivity index (χ3v) is 6.91. The summed E-state index contributed by atoms with van der Waals surface area (Å²) >= 11 is 0. The molecule has 27 heavy (non-hydrogen) atoms. The van der Waals surface area contributed by atoms with Gasteiger partial charge in [-0.2, -0.15) is 4.31 Å². The topological polar surface area (TPSA) is 79.8 Å². The monoisotopic (exact) mass is 387 g/mol. The number of aromatic nitrogens is 1. The lowest BCUT2D eigenvalue weighted by molar-refractivity contribution is 0.0728. The average Bonchev–Trinajstić information content (AvgIpc) is 2.73. The van der Waals surface area contributed by atoms with E-state index in [4.69, 9.17) is 4.74 Å². The van der Waals surface area contributed by atoms with Crippen LogP contribution < -0.4 is 0 Å². The summed E-state index contributed by atoms with van der Waals surface area (Å²) in [4.78, 5) is 18.7. The predicted octanol–water partition coefficient (Wildman–Crippen LogP) is 1.30. The van der Waals surface area contributed by atoms with E-state index >= 15 is 0 Å². The molecule has 4 rings (SSSR count). The molecule has 1 aromatic heterocycles. The molecule has 0 bridgehead atoms. The largest absolute Gasteiger partial charge is 0.379 e. The number of hydrogen-bond donors (Lipinski definition) is 0. The van der Waals surface area contributed by atoms with Gasteiger partial charge in [-0.25, -0.2) is 8.42 Å². The third kappa shape index (κ3) is 3.60. The number of nitrogens with zero attached hydrogens (tertiary/aromatic N) is 3. The lowest BCUT2D eigenvalue weighted by Crippen LogP contribution is -2.41. The smallest absolute Gasteiger partial charge is 0.254 e. The van der Waals surface area contributed by atoms with Gasteiger partial charge in [0, 0.05) is 44.1 Å². The van der Waals surface area contributed by atoms with Crippen LogP contribution in [0.3, 0.4) is 0 Å². The van der Waals surface area contributed by atoms with Crippen molar-refractivity contribution in [1.82, 2.24) is 14.2 Å². The summed E-state index contributed by atoms with van der Waals surface area (Å²) in [6.45, 7) is 2.58. The van der Waals surface area contributed by atoms with Crippen molar-refractivity contribution in [3.8, 4) is 0 Å². The maximum atomic E-state index is 12.9. The Morgan fingerprint density at radius 3 is 2.48 bits per heavy atom. The Morgan fingerprint density at radius 1 is 1.00 bits per heavy atom. The molecular formula is C19H21N3O4S. The molecule has 2 aromatic rings. The molecule has 1 aromatic carbocycles. The Balaban J connectivity index is 1.58. The highest BCUT2D eigenvalue weighted by Gasteiger charge is 2.28. The van der Waals surface area contributed by atoms with Gasteiger partial charge in [0.1, 0.15) is 0 Å². The van der Waals surface area contributed by atoms with Gasteiger partial charge in [-0.15, -0.1) is 0 Å². The summed E-state index contributed by atoms with van der Waals surface area (Å²) in [7, 11) is -3.54. The summed E-state index contributed by atoms with van der Waals surface area (Å²) in [6.07, 6.45) is 3.90. The van der Waals surface area contributed by atoms with Crippen molar-refractivity contribution in [3.05, 3.63) is 59.4 Å². The molecule has 1 saturated heterocycles. The molecule has 0 unspecified atom stereocenters. The molecule has 142 valence electrons. The van der Waals surface area contributed by atoms with Gasteiger partial charge in [-0.05, 0) is 41.8 Å². The maximum Gasteiger partial charge on any atom is 0.254 e. The van der Waals surface area contributed by atoms with E-state index in [0.29, 0.717) is 51.4 Å². The summed E-state index contributed by atoms with van der Waals surface area (Å²) < 4.78 is 32.5. The molecule has 2 aliphatic rings. The molecule has 7 nitrogen and oxygen atoms in total. The Morgan fingerprint density at radius 2 is 1.74 bits per heavy atom. The highest BCUT2D eigenvalue weighted by molar-refractivity contribution is 7.89. The van der Waals surface area contributed by atoms with Crippen LogP contribution in [0, 0.1) is 0 Å². The fraction of sp³-hybridized carbons (Fsp3) is 0.368. The van der Waals surface area contributed by atoms with Crippen molar-refractivity contribution >= 4 is 15.9 Å². The van der Waals surface area contributed by atoms with Crippen LogP contribution in [-0.4, -0.2) is 61.4 Å². The molecular weight excluding hydrogens is 366 g/mol. The van der Waals surface area contributed by atoms with E-state index in [1.54, 1.807) is 41.6 Å². The van der Waals surface area contributed by atoms with Crippen LogP contribution in [0.1, 0.15) is 21.5 Å². The van der Waals surface area contributed by atoms with Crippen LogP contribution in [0.2, 0.25) is 0 Å². The van der Waals surface area contributed by atoms with Gasteiger partial charge >= 0.3 is 0 Å². The number of carbonyl (C=O) groups excluding carboxylic acids is 1. The van der Waals surface area contributed by atoms with Crippen LogP contribution >= 0.6 is 0 Å². The second kappa shape index (κ2) is 7.38. The van der Waals surface area contributed by atoms with Crippen molar-refractivity contribution in [2.24, 2.45) is 0 Å². The number of ether oxygens (including phenoxy) is 1. The quantitative estimate of drug-likeness (QED) is 0.793. The Labute approximate surface area is 158 Å². The second-order valence-corrected chi connectivity index (χ2v) is 8.60. The maximum absolute atomic E-state index is 12.9. The van der Waals surface area contributed by atoms with E-state index in [1.165, 1.54) is 4.31 Å². The highest BCUT2D eigenvalue weighted by Crippen LogP contribution is 2.25. The minimum absolute atomic E-state index is 0.0653. The van der Waals surface area contributed by atoms with Crippen LogP contribution in [-0.2, 0) is 27.7 Å². The molecule has 1 fully saturated rings. The number of morpholine rings is 1. The van der Waals surface area contributed by atoms with Crippen molar-refractivity contribution in [2.45, 2.75) is 17.9 Å². The lowest BCUT2D eigenvalue weighted by atomic mass is 9.99. The van der Waals surface area contributed by atoms with Gasteiger partial charge in [0.05, 0.1) is 18.1 Å². The molecule has 3 heterocycles. The Kier molecular flexibility index (Phi) is 4.94. The van der Waals surface area contributed by atoms with Gasteiger partial charge in [0.2, 0.25) is 10.0 Å². The first-order valence-corrected chi connectivity index (χ1v) is 10.4. The van der Waals surface area contributed by atoms with Gasteiger partial charge < -0.3 is 9.64 Å². The fourth-order valence-corrected chi connectivity index (χ4v) is 4.94. The Hall–Kier alpha value is -2.29. The minimum Gasteiger partial charge on any atom is -0.379 e. The van der Waals surface area contributed by atoms with E-state index in [0.717, 1.165) is 11.1 Å². The van der Waals surface area contributed by atoms with E-state index in [9.17, 15) is 13.2 Å². The molecule has 0 N–H and O–H groups in total. The van der Waals surface area contributed by atoms with Crippen LogP contribution in [0.25, 0.3) is 0 Å². The van der Waals surface area contributed by atoms with Crippen molar-refractivity contribution in [1.29, 1.82) is 0 Å². The zero-order chi connectivity index (χ0) is 18.9. The van der Waals surface area contributed by atoms with Crippen molar-refractivity contribution in [2.75, 3.05) is 32.8 Å². The highest BCUT2D eigenvalue weighted by atomic mass is 32.2. The number of amides is 1. The molecule has 1 amide bonds. The number of fused-ring (bicyclic) bond motifs is 1. The van der Waals surface area contributed by atoms with Crippen LogP contribution in [0.5, 0.6) is 0 Å². The number of hydrogen-bond acceptors (Lipinski definition) is 5. The average molecular weight is 387 g/mol. The second-order valence-electron chi connectivity index (χ2n) is 6.66. The zero-order valence-electron chi connectivity index (χ0n) is 14.9. The van der Waals surface area contributed by atoms with E-state index in [-0.39, 0.29) is 10.8 Å². The molecule has 0 spiro atoms. The van der Waals surface area contributed by atoms with Gasteiger partial charge in [-0.3, -0.25) is 9.78 Å². The first-order chi connectivity index (χ1) is 13.1. The third-order valence-electron chi connectivity index (χ3n) is 5.01. The molecule has 2 aliphatic heterocycles. The first kappa shape index (κ1) is 18.1. The fourth-order valence-electron chi connectivity index (χ4n) is 3.48. The molecule has 0 saturated carbocycles. The molecule has 0 radical (unpaired) electrons. The number of benzene rings is 1. The molecule has 8 heteroatoms. The number of sulfonamides is 1.